The molecule has 2 aliphatic heterocycles. The van der Waals surface area contributed by atoms with Crippen LogP contribution in [0.3, 0.4) is 0 Å². The van der Waals surface area contributed by atoms with Crippen LogP contribution in [-0.4, -0.2) is 28.7 Å². The summed E-state index contributed by atoms with van der Waals surface area (Å²) in [4.78, 5) is 14.4. The van der Waals surface area contributed by atoms with Gasteiger partial charge < -0.3 is 4.74 Å². The van der Waals surface area contributed by atoms with Gasteiger partial charge in [-0.2, -0.15) is 13.2 Å². The van der Waals surface area contributed by atoms with E-state index >= 15 is 0 Å². The topological polar surface area (TPSA) is 29.5 Å². The van der Waals surface area contributed by atoms with Crippen molar-refractivity contribution in [3.63, 3.8) is 0 Å². The molecule has 3 rings (SSSR count). The zero-order valence-corrected chi connectivity index (χ0v) is 16.0. The third kappa shape index (κ3) is 4.66. The summed E-state index contributed by atoms with van der Waals surface area (Å²) >= 11 is 0. The molecule has 0 N–H and O–H groups in total. The largest absolute Gasteiger partial charge is 0.444 e. The van der Waals surface area contributed by atoms with E-state index in [1.165, 1.54) is 6.07 Å². The molecule has 0 saturated carbocycles. The molecule has 2 atom stereocenters. The molecule has 3 nitrogen and oxygen atoms in total. The second-order valence-electron chi connectivity index (χ2n) is 8.40. The number of halogens is 3. The van der Waals surface area contributed by atoms with Crippen LogP contribution in [0.2, 0.25) is 0 Å². The first kappa shape index (κ1) is 19.8. The number of hydrogen-bond acceptors (Lipinski definition) is 2. The highest BCUT2D eigenvalue weighted by molar-refractivity contribution is 5.70. The van der Waals surface area contributed by atoms with Crippen molar-refractivity contribution in [2.75, 3.05) is 0 Å². The van der Waals surface area contributed by atoms with E-state index in [-0.39, 0.29) is 24.6 Å². The molecule has 0 radical (unpaired) electrons. The minimum atomic E-state index is -4.36. The molecule has 1 saturated heterocycles. The summed E-state index contributed by atoms with van der Waals surface area (Å²) in [6, 6.07) is 5.63. The maximum atomic E-state index is 13.3. The molecular weight excluding hydrogens is 355 g/mol. The van der Waals surface area contributed by atoms with Crippen LogP contribution in [0, 0.1) is 0 Å². The fourth-order valence-electron chi connectivity index (χ4n) is 4.04. The van der Waals surface area contributed by atoms with E-state index in [9.17, 15) is 18.0 Å². The van der Waals surface area contributed by atoms with Crippen molar-refractivity contribution in [3.8, 4) is 0 Å². The lowest BCUT2D eigenvalue weighted by atomic mass is 9.83. The molecule has 1 amide bonds. The SMILES string of the molecule is CC(C)(C)OC(=O)N1C2C=C(Cc3ccccc3C(F)(F)F)CC1CCC2. The summed E-state index contributed by atoms with van der Waals surface area (Å²) in [5.41, 5.74) is 0.118. The summed E-state index contributed by atoms with van der Waals surface area (Å²) in [5, 5.41) is 0. The average Bonchev–Trinajstić information content (AvgIpc) is 2.51. The van der Waals surface area contributed by atoms with Crippen LogP contribution in [-0.2, 0) is 17.3 Å². The highest BCUT2D eigenvalue weighted by atomic mass is 19.4. The average molecular weight is 381 g/mol. The van der Waals surface area contributed by atoms with Crippen molar-refractivity contribution in [3.05, 3.63) is 47.0 Å². The van der Waals surface area contributed by atoms with Crippen molar-refractivity contribution in [2.24, 2.45) is 0 Å². The summed E-state index contributed by atoms with van der Waals surface area (Å²) in [6.45, 7) is 5.50. The van der Waals surface area contributed by atoms with Gasteiger partial charge >= 0.3 is 12.3 Å². The number of rotatable bonds is 2. The van der Waals surface area contributed by atoms with Gasteiger partial charge in [-0.25, -0.2) is 4.79 Å². The van der Waals surface area contributed by atoms with Crippen molar-refractivity contribution in [1.82, 2.24) is 4.90 Å². The highest BCUT2D eigenvalue weighted by Gasteiger charge is 2.40. The Balaban J connectivity index is 1.82. The number of carbonyl (C=O) groups excluding carboxylic acids is 1. The first-order valence-corrected chi connectivity index (χ1v) is 9.40. The molecule has 148 valence electrons. The standard InChI is InChI=1S/C21H26F3NO2/c1-20(2,3)27-19(26)25-16-8-6-9-17(25)13-14(12-16)11-15-7-4-5-10-18(15)21(22,23)24/h4-5,7,10,12,16-17H,6,8-9,11,13H2,1-3H3. The lowest BCUT2D eigenvalue weighted by Gasteiger charge is -2.45. The summed E-state index contributed by atoms with van der Waals surface area (Å²) in [6.07, 6.45) is 0.846. The van der Waals surface area contributed by atoms with E-state index in [0.29, 0.717) is 12.0 Å². The van der Waals surface area contributed by atoms with E-state index in [4.69, 9.17) is 4.74 Å². The Morgan fingerprint density at radius 3 is 2.52 bits per heavy atom. The van der Waals surface area contributed by atoms with Crippen molar-refractivity contribution in [2.45, 2.75) is 76.7 Å². The van der Waals surface area contributed by atoms with E-state index < -0.39 is 17.3 Å². The molecule has 0 aliphatic carbocycles. The lowest BCUT2D eigenvalue weighted by Crippen LogP contribution is -2.53. The minimum absolute atomic E-state index is 0.00310. The van der Waals surface area contributed by atoms with Gasteiger partial charge in [0.1, 0.15) is 5.60 Å². The maximum absolute atomic E-state index is 13.3. The van der Waals surface area contributed by atoms with Crippen LogP contribution >= 0.6 is 0 Å². The number of ether oxygens (including phenoxy) is 1. The van der Waals surface area contributed by atoms with Crippen LogP contribution in [0.25, 0.3) is 0 Å². The van der Waals surface area contributed by atoms with E-state index in [2.05, 4.69) is 0 Å². The van der Waals surface area contributed by atoms with E-state index in [1.54, 1.807) is 17.0 Å². The Morgan fingerprint density at radius 2 is 1.89 bits per heavy atom. The Morgan fingerprint density at radius 1 is 1.19 bits per heavy atom. The van der Waals surface area contributed by atoms with Gasteiger partial charge in [-0.15, -0.1) is 0 Å². The van der Waals surface area contributed by atoms with Crippen molar-refractivity contribution >= 4 is 6.09 Å². The monoisotopic (exact) mass is 381 g/mol. The number of fused-ring (bicyclic) bond motifs is 2. The zero-order chi connectivity index (χ0) is 19.8. The molecule has 6 heteroatoms. The molecule has 0 spiro atoms. The molecule has 1 fully saturated rings. The number of piperidine rings is 1. The summed E-state index contributed by atoms with van der Waals surface area (Å²) < 4.78 is 45.3. The number of alkyl halides is 3. The zero-order valence-electron chi connectivity index (χ0n) is 16.0. The van der Waals surface area contributed by atoms with Gasteiger partial charge in [0, 0.05) is 6.04 Å². The van der Waals surface area contributed by atoms with Crippen LogP contribution in [0.15, 0.2) is 35.9 Å². The Labute approximate surface area is 158 Å². The van der Waals surface area contributed by atoms with E-state index in [1.807, 2.05) is 26.8 Å². The smallest absolute Gasteiger partial charge is 0.416 e. The van der Waals surface area contributed by atoms with Gasteiger partial charge in [0.15, 0.2) is 0 Å². The minimum Gasteiger partial charge on any atom is -0.444 e. The molecule has 1 aromatic rings. The number of hydrogen-bond donors (Lipinski definition) is 0. The van der Waals surface area contributed by atoms with Crippen molar-refractivity contribution < 1.29 is 22.7 Å². The fraction of sp³-hybridized carbons (Fsp3) is 0.571. The van der Waals surface area contributed by atoms with Crippen LogP contribution in [0.5, 0.6) is 0 Å². The predicted octanol–water partition coefficient (Wildman–Crippen LogP) is 5.74. The Hall–Kier alpha value is -1.98. The van der Waals surface area contributed by atoms with Gasteiger partial charge in [0.2, 0.25) is 0 Å². The highest BCUT2D eigenvalue weighted by Crippen LogP contribution is 2.38. The molecule has 2 unspecified atom stereocenters. The van der Waals surface area contributed by atoms with Crippen molar-refractivity contribution in [1.29, 1.82) is 0 Å². The van der Waals surface area contributed by atoms with Crippen LogP contribution in [0.1, 0.15) is 57.6 Å². The van der Waals surface area contributed by atoms with Crippen LogP contribution in [0.4, 0.5) is 18.0 Å². The molecular formula is C21H26F3NO2. The number of amides is 1. The van der Waals surface area contributed by atoms with Gasteiger partial charge in [-0.05, 0) is 64.5 Å². The second kappa shape index (κ2) is 7.21. The number of benzene rings is 1. The summed E-state index contributed by atoms with van der Waals surface area (Å²) in [7, 11) is 0. The van der Waals surface area contributed by atoms with Gasteiger partial charge in [-0.3, -0.25) is 4.90 Å². The predicted molar refractivity (Wildman–Crippen MR) is 97.3 cm³/mol. The third-order valence-electron chi connectivity index (χ3n) is 5.06. The molecule has 2 bridgehead atoms. The fourth-order valence-corrected chi connectivity index (χ4v) is 4.04. The number of carbonyl (C=O) groups is 1. The molecule has 2 heterocycles. The third-order valence-corrected chi connectivity index (χ3v) is 5.06. The molecule has 1 aromatic carbocycles. The van der Waals surface area contributed by atoms with Gasteiger partial charge in [0.25, 0.3) is 0 Å². The lowest BCUT2D eigenvalue weighted by molar-refractivity contribution is -0.138. The Bertz CT molecular complexity index is 734. The van der Waals surface area contributed by atoms with Crippen LogP contribution < -0.4 is 0 Å². The molecule has 27 heavy (non-hydrogen) atoms. The second-order valence-corrected chi connectivity index (χ2v) is 8.40. The first-order chi connectivity index (χ1) is 12.5. The normalized spacial score (nSPS) is 23.0. The summed E-state index contributed by atoms with van der Waals surface area (Å²) in [5.74, 6) is 0. The van der Waals surface area contributed by atoms with Gasteiger partial charge in [0.05, 0.1) is 11.6 Å². The first-order valence-electron chi connectivity index (χ1n) is 9.40. The number of nitrogens with zero attached hydrogens (tertiary/aromatic N) is 1. The van der Waals surface area contributed by atoms with Gasteiger partial charge in [-0.1, -0.05) is 29.8 Å². The maximum Gasteiger partial charge on any atom is 0.416 e. The molecule has 2 aliphatic rings. The van der Waals surface area contributed by atoms with E-state index in [0.717, 1.165) is 30.9 Å². The molecule has 0 aromatic heterocycles. The quantitative estimate of drug-likeness (QED) is 0.612. The Kier molecular flexibility index (Phi) is 5.28.